The Kier molecular flexibility index (Phi) is 21.0. The third kappa shape index (κ3) is 15.0. The van der Waals surface area contributed by atoms with Crippen LogP contribution >= 0.6 is 0 Å². The van der Waals surface area contributed by atoms with Crippen LogP contribution in [0.15, 0.2) is 123 Å². The molecule has 4 heterocycles. The van der Waals surface area contributed by atoms with Gasteiger partial charge in [0.25, 0.3) is 0 Å². The van der Waals surface area contributed by atoms with E-state index in [1.54, 1.807) is 32.7 Å². The molecule has 0 aliphatic heterocycles. The number of anilines is 8. The summed E-state index contributed by atoms with van der Waals surface area (Å²) in [6, 6.07) is 29.0. The summed E-state index contributed by atoms with van der Waals surface area (Å²) in [5, 5.41) is 31.3. The first-order valence-corrected chi connectivity index (χ1v) is 25.6. The summed E-state index contributed by atoms with van der Waals surface area (Å²) >= 11 is 0. The van der Waals surface area contributed by atoms with Crippen LogP contribution in [0.5, 0.6) is 11.5 Å². The Hall–Kier alpha value is -9.39. The third-order valence-corrected chi connectivity index (χ3v) is 12.3. The first kappa shape index (κ1) is 58.9. The van der Waals surface area contributed by atoms with Gasteiger partial charge in [0.05, 0.1) is 76.8 Å². The molecule has 412 valence electrons. The molecule has 0 atom stereocenters. The molecule has 0 saturated carbocycles. The zero-order chi connectivity index (χ0) is 57.2. The van der Waals surface area contributed by atoms with Gasteiger partial charge in [0.1, 0.15) is 22.9 Å². The lowest BCUT2D eigenvalue weighted by molar-refractivity contribution is -0.112. The van der Waals surface area contributed by atoms with Gasteiger partial charge in [-0.1, -0.05) is 49.6 Å². The van der Waals surface area contributed by atoms with Crippen LogP contribution in [0.3, 0.4) is 0 Å². The fourth-order valence-electron chi connectivity index (χ4n) is 8.27. The molecule has 21 nitrogen and oxygen atoms in total. The van der Waals surface area contributed by atoms with Crippen LogP contribution in [-0.2, 0) is 22.7 Å². The van der Waals surface area contributed by atoms with E-state index in [4.69, 9.17) is 34.9 Å². The highest BCUT2D eigenvalue weighted by Gasteiger charge is 2.21. The number of benzene rings is 4. The highest BCUT2D eigenvalue weighted by atomic mass is 16.5. The Morgan fingerprint density at radius 1 is 0.608 bits per heavy atom. The summed E-state index contributed by atoms with van der Waals surface area (Å²) in [7, 11) is 15.2. The van der Waals surface area contributed by atoms with Crippen molar-refractivity contribution in [1.82, 2.24) is 49.3 Å². The molecule has 0 aliphatic carbocycles. The van der Waals surface area contributed by atoms with Crippen molar-refractivity contribution in [3.63, 3.8) is 0 Å². The largest absolute Gasteiger partial charge is 0.494 e. The van der Waals surface area contributed by atoms with E-state index in [0.29, 0.717) is 57.5 Å². The van der Waals surface area contributed by atoms with E-state index >= 15 is 0 Å². The van der Waals surface area contributed by atoms with Crippen molar-refractivity contribution < 1.29 is 19.1 Å². The SMILES string of the molecule is C=CC(=O)Nc1cc(Nc2nccc(-c3nn(CC)c4ccccc34)n2)c(OC)cc1N(C)CCN(C)C.C=CC(=O)Nc1cc(Nc2nccc(-c3nn(CC)c4ccccc34)n2)c(OC)cc1N(C)CCN(C)C.CC#N. The average molecular weight is 1070 g/mol. The smallest absolute Gasteiger partial charge is 0.247 e. The van der Waals surface area contributed by atoms with E-state index in [0.717, 1.165) is 83.8 Å². The summed E-state index contributed by atoms with van der Waals surface area (Å²) < 4.78 is 15.3. The second-order valence-electron chi connectivity index (χ2n) is 18.3. The molecule has 2 amide bonds. The van der Waals surface area contributed by atoms with E-state index in [1.807, 2.05) is 124 Å². The number of methoxy groups -OCH3 is 2. The number of hydrogen-bond donors (Lipinski definition) is 4. The van der Waals surface area contributed by atoms with Crippen molar-refractivity contribution in [1.29, 1.82) is 5.26 Å². The van der Waals surface area contributed by atoms with Gasteiger partial charge >= 0.3 is 0 Å². The number of nitrogens with zero attached hydrogens (tertiary/aromatic N) is 13. The number of aryl methyl sites for hydroxylation is 2. The monoisotopic (exact) mass is 1070 g/mol. The molecular weight excluding hydrogens is 999 g/mol. The van der Waals surface area contributed by atoms with Gasteiger partial charge in [-0.3, -0.25) is 19.0 Å². The van der Waals surface area contributed by atoms with Crippen LogP contribution in [0.2, 0.25) is 0 Å². The molecular formula is C58H71N17O4. The Bertz CT molecular complexity index is 3220. The molecule has 8 aromatic rings. The van der Waals surface area contributed by atoms with Crippen LogP contribution in [0.4, 0.5) is 46.0 Å². The summed E-state index contributed by atoms with van der Waals surface area (Å²) in [4.78, 5) is 51.2. The summed E-state index contributed by atoms with van der Waals surface area (Å²) in [6.07, 6.45) is 5.88. The zero-order valence-corrected chi connectivity index (χ0v) is 47.0. The Morgan fingerprint density at radius 2 is 0.987 bits per heavy atom. The van der Waals surface area contributed by atoms with Gasteiger partial charge in [0.2, 0.25) is 23.7 Å². The second kappa shape index (κ2) is 28.1. The molecule has 0 spiro atoms. The standard InChI is InChI=1S/2C28H34N8O2.C2H3N/c2*1-7-26(37)30-21-17-22(25(38-6)18-24(21)35(5)16-15-34(3)4)32-28-29-14-13-20(31-28)27-19-11-9-10-12-23(19)36(8-2)33-27;1-2-3/h2*7,9-14,17-18H,1,8,15-16H2,2-6H3,(H,30,37)(H,29,31,32);1H3. The lowest BCUT2D eigenvalue weighted by Crippen LogP contribution is -2.29. The van der Waals surface area contributed by atoms with Crippen molar-refractivity contribution in [3.05, 3.63) is 123 Å². The van der Waals surface area contributed by atoms with E-state index in [-0.39, 0.29) is 11.8 Å². The summed E-state index contributed by atoms with van der Waals surface area (Å²) in [5.74, 6) is 1.32. The lowest BCUT2D eigenvalue weighted by atomic mass is 10.1. The maximum absolute atomic E-state index is 12.2. The van der Waals surface area contributed by atoms with Gasteiger partial charge in [0, 0.05) is 95.6 Å². The fourth-order valence-corrected chi connectivity index (χ4v) is 8.27. The van der Waals surface area contributed by atoms with Crippen molar-refractivity contribution in [2.75, 3.05) is 114 Å². The summed E-state index contributed by atoms with van der Waals surface area (Å²) in [6.45, 7) is 17.4. The quantitative estimate of drug-likeness (QED) is 0.0464. The molecule has 4 aromatic heterocycles. The molecule has 79 heavy (non-hydrogen) atoms. The minimum absolute atomic E-state index is 0.306. The number of nitrogens with one attached hydrogen (secondary N) is 4. The van der Waals surface area contributed by atoms with Crippen LogP contribution in [0, 0.1) is 11.3 Å². The highest BCUT2D eigenvalue weighted by molar-refractivity contribution is 6.03. The van der Waals surface area contributed by atoms with Gasteiger partial charge in [-0.2, -0.15) is 15.5 Å². The maximum atomic E-state index is 12.2. The molecule has 0 aliphatic rings. The second-order valence-corrected chi connectivity index (χ2v) is 18.3. The molecule has 0 fully saturated rings. The molecule has 21 heteroatoms. The van der Waals surface area contributed by atoms with Crippen LogP contribution in [0.25, 0.3) is 44.6 Å². The van der Waals surface area contributed by atoms with Crippen LogP contribution < -0.4 is 40.5 Å². The molecule has 0 unspecified atom stereocenters. The predicted molar refractivity (Wildman–Crippen MR) is 318 cm³/mol. The number of para-hydroxylation sites is 2. The van der Waals surface area contributed by atoms with E-state index in [1.165, 1.54) is 19.1 Å². The van der Waals surface area contributed by atoms with Crippen LogP contribution in [-0.4, -0.2) is 144 Å². The van der Waals surface area contributed by atoms with E-state index in [2.05, 4.69) is 90.0 Å². The Morgan fingerprint density at radius 3 is 1.33 bits per heavy atom. The number of likely N-dealkylation sites (N-methyl/N-ethyl adjacent to an activating group) is 4. The molecule has 8 rings (SSSR count). The number of hydrogen-bond acceptors (Lipinski definition) is 17. The number of fused-ring (bicyclic) bond motifs is 2. The molecule has 0 saturated heterocycles. The fraction of sp³-hybridized carbons (Fsp3) is 0.293. The van der Waals surface area contributed by atoms with Crippen LogP contribution in [0.1, 0.15) is 20.8 Å². The topological polar surface area (TPSA) is 225 Å². The van der Waals surface area contributed by atoms with Crippen molar-refractivity contribution in [3.8, 4) is 40.3 Å². The Balaban J connectivity index is 0.000000243. The minimum atomic E-state index is -0.306. The average Bonchev–Trinajstić information content (AvgIpc) is 4.07. The van der Waals surface area contributed by atoms with Crippen molar-refractivity contribution in [2.45, 2.75) is 33.9 Å². The number of ether oxygens (including phenoxy) is 2. The van der Waals surface area contributed by atoms with Gasteiger partial charge in [0.15, 0.2) is 0 Å². The number of carbonyl (C=O) groups is 2. The summed E-state index contributed by atoms with van der Waals surface area (Å²) in [5.41, 5.74) is 9.16. The number of rotatable bonds is 22. The van der Waals surface area contributed by atoms with Gasteiger partial charge in [-0.05, 0) is 90.6 Å². The van der Waals surface area contributed by atoms with Gasteiger partial charge in [-0.25, -0.2) is 19.9 Å². The number of nitriles is 1. The Labute approximate surface area is 462 Å². The van der Waals surface area contributed by atoms with E-state index < -0.39 is 0 Å². The first-order valence-electron chi connectivity index (χ1n) is 25.6. The highest BCUT2D eigenvalue weighted by Crippen LogP contribution is 2.40. The number of carbonyl (C=O) groups excluding carboxylic acids is 2. The van der Waals surface area contributed by atoms with Crippen molar-refractivity contribution >= 4 is 79.6 Å². The van der Waals surface area contributed by atoms with Gasteiger partial charge < -0.3 is 50.3 Å². The van der Waals surface area contributed by atoms with E-state index in [9.17, 15) is 9.59 Å². The third-order valence-electron chi connectivity index (χ3n) is 12.3. The van der Waals surface area contributed by atoms with Crippen molar-refractivity contribution in [2.24, 2.45) is 0 Å². The molecule has 0 radical (unpaired) electrons. The maximum Gasteiger partial charge on any atom is 0.247 e. The lowest BCUT2D eigenvalue weighted by Gasteiger charge is -2.26. The van der Waals surface area contributed by atoms with Gasteiger partial charge in [-0.15, -0.1) is 0 Å². The minimum Gasteiger partial charge on any atom is -0.494 e. The molecule has 0 bridgehead atoms. The first-order chi connectivity index (χ1) is 38.1. The number of amides is 2. The normalized spacial score (nSPS) is 10.7. The predicted octanol–water partition coefficient (Wildman–Crippen LogP) is 9.31. The number of aromatic nitrogens is 8. The molecule has 4 N–H and O–H groups in total. The molecule has 4 aromatic carbocycles. The zero-order valence-electron chi connectivity index (χ0n) is 47.0.